The smallest absolute Gasteiger partial charge is 0.120 e. The Morgan fingerprint density at radius 2 is 2.04 bits per heavy atom. The third-order valence-corrected chi connectivity index (χ3v) is 4.71. The van der Waals surface area contributed by atoms with Crippen molar-refractivity contribution in [2.24, 2.45) is 7.05 Å². The highest BCUT2D eigenvalue weighted by molar-refractivity contribution is 5.42. The van der Waals surface area contributed by atoms with Crippen LogP contribution in [-0.4, -0.2) is 15.9 Å². The zero-order valence-corrected chi connectivity index (χ0v) is 13.8. The van der Waals surface area contributed by atoms with Gasteiger partial charge in [0.1, 0.15) is 5.75 Å². The third-order valence-electron chi connectivity index (χ3n) is 4.71. The summed E-state index contributed by atoms with van der Waals surface area (Å²) in [5.74, 6) is 1.45. The van der Waals surface area contributed by atoms with E-state index in [0.717, 1.165) is 49.0 Å². The van der Waals surface area contributed by atoms with E-state index >= 15 is 0 Å². The third kappa shape index (κ3) is 3.56. The average Bonchev–Trinajstić information content (AvgIpc) is 3.02. The maximum absolute atomic E-state index is 9.10. The molecule has 0 N–H and O–H groups in total. The van der Waals surface area contributed by atoms with Crippen LogP contribution in [0, 0.1) is 11.3 Å². The predicted octanol–water partition coefficient (Wildman–Crippen LogP) is 3.96. The second-order valence-electron chi connectivity index (χ2n) is 6.29. The minimum atomic E-state index is 0.271. The minimum absolute atomic E-state index is 0.271. The van der Waals surface area contributed by atoms with Gasteiger partial charge in [-0.3, -0.25) is 4.68 Å². The van der Waals surface area contributed by atoms with Crippen molar-refractivity contribution in [1.29, 1.82) is 5.26 Å². The van der Waals surface area contributed by atoms with Crippen LogP contribution in [-0.2, 0) is 13.5 Å². The van der Waals surface area contributed by atoms with Gasteiger partial charge in [0.25, 0.3) is 0 Å². The molecule has 1 aliphatic rings. The highest BCUT2D eigenvalue weighted by Gasteiger charge is 2.25. The van der Waals surface area contributed by atoms with E-state index in [1.807, 2.05) is 36.1 Å². The van der Waals surface area contributed by atoms with Gasteiger partial charge >= 0.3 is 0 Å². The number of aryl methyl sites for hydroxylation is 2. The molecule has 1 aliphatic carbocycles. The molecular formula is C19H23N3O. The highest BCUT2D eigenvalue weighted by Crippen LogP contribution is 2.34. The van der Waals surface area contributed by atoms with E-state index in [2.05, 4.69) is 24.2 Å². The lowest BCUT2D eigenvalue weighted by molar-refractivity contribution is 0.145. The summed E-state index contributed by atoms with van der Waals surface area (Å²) in [6.07, 6.45) is 7.50. The Bertz CT molecular complexity index is 706. The molecule has 120 valence electrons. The lowest BCUT2D eigenvalue weighted by atomic mass is 9.85. The number of rotatable bonds is 4. The molecule has 1 saturated carbocycles. The van der Waals surface area contributed by atoms with Crippen LogP contribution < -0.4 is 4.74 Å². The van der Waals surface area contributed by atoms with E-state index in [1.165, 1.54) is 5.69 Å². The maximum atomic E-state index is 9.10. The number of nitriles is 1. The first-order valence-electron chi connectivity index (χ1n) is 8.38. The standard InChI is InChI=1S/C19H23N3O/c1-3-14-12-18(9-6-16(14)13-20)23-17-7-4-15(5-8-17)19-10-11-22(2)21-19/h6,9-12,15,17H,3-5,7-8H2,1-2H3/t15-,17-. The van der Waals surface area contributed by atoms with Crippen LogP contribution in [0.3, 0.4) is 0 Å². The fourth-order valence-electron chi connectivity index (χ4n) is 3.36. The second-order valence-corrected chi connectivity index (χ2v) is 6.29. The first-order valence-corrected chi connectivity index (χ1v) is 8.38. The number of nitrogens with zero attached hydrogens (tertiary/aromatic N) is 3. The molecule has 4 heteroatoms. The predicted molar refractivity (Wildman–Crippen MR) is 89.4 cm³/mol. The molecule has 0 bridgehead atoms. The van der Waals surface area contributed by atoms with Crippen molar-refractivity contribution in [1.82, 2.24) is 9.78 Å². The van der Waals surface area contributed by atoms with E-state index in [1.54, 1.807) is 0 Å². The van der Waals surface area contributed by atoms with Gasteiger partial charge in [0.15, 0.2) is 0 Å². The topological polar surface area (TPSA) is 50.8 Å². The number of hydrogen-bond acceptors (Lipinski definition) is 3. The average molecular weight is 309 g/mol. The van der Waals surface area contributed by atoms with E-state index in [0.29, 0.717) is 5.92 Å². The fraction of sp³-hybridized carbons (Fsp3) is 0.474. The lowest BCUT2D eigenvalue weighted by Crippen LogP contribution is -2.23. The molecule has 2 aromatic rings. The molecule has 4 nitrogen and oxygen atoms in total. The molecule has 0 atom stereocenters. The number of aromatic nitrogens is 2. The Hall–Kier alpha value is -2.28. The van der Waals surface area contributed by atoms with Gasteiger partial charge in [-0.1, -0.05) is 6.92 Å². The van der Waals surface area contributed by atoms with Gasteiger partial charge in [0.2, 0.25) is 0 Å². The van der Waals surface area contributed by atoms with E-state index in [9.17, 15) is 0 Å². The lowest BCUT2D eigenvalue weighted by Gasteiger charge is -2.28. The van der Waals surface area contributed by atoms with Crippen LogP contribution >= 0.6 is 0 Å². The van der Waals surface area contributed by atoms with Gasteiger partial charge in [0.05, 0.1) is 23.4 Å². The Labute approximate surface area is 137 Å². The molecule has 0 aliphatic heterocycles. The Morgan fingerprint density at radius 1 is 1.26 bits per heavy atom. The molecule has 0 radical (unpaired) electrons. The van der Waals surface area contributed by atoms with Crippen molar-refractivity contribution < 1.29 is 4.74 Å². The zero-order valence-electron chi connectivity index (χ0n) is 13.8. The molecule has 1 fully saturated rings. The summed E-state index contributed by atoms with van der Waals surface area (Å²) in [7, 11) is 1.97. The van der Waals surface area contributed by atoms with Crippen LogP contribution in [0.1, 0.15) is 55.3 Å². The summed E-state index contributed by atoms with van der Waals surface area (Å²) in [5.41, 5.74) is 3.02. The first-order chi connectivity index (χ1) is 11.2. The Balaban J connectivity index is 1.59. The van der Waals surface area contributed by atoms with Crippen molar-refractivity contribution >= 4 is 0 Å². The molecule has 0 saturated heterocycles. The minimum Gasteiger partial charge on any atom is -0.490 e. The van der Waals surface area contributed by atoms with Gasteiger partial charge in [-0.15, -0.1) is 0 Å². The summed E-state index contributed by atoms with van der Waals surface area (Å²) < 4.78 is 8.03. The Morgan fingerprint density at radius 3 is 2.65 bits per heavy atom. The molecule has 0 amide bonds. The summed E-state index contributed by atoms with van der Waals surface area (Å²) in [4.78, 5) is 0. The zero-order chi connectivity index (χ0) is 16.2. The molecule has 1 heterocycles. The van der Waals surface area contributed by atoms with Gasteiger partial charge in [-0.25, -0.2) is 0 Å². The van der Waals surface area contributed by atoms with Crippen molar-refractivity contribution in [3.8, 4) is 11.8 Å². The highest BCUT2D eigenvalue weighted by atomic mass is 16.5. The van der Waals surface area contributed by atoms with E-state index in [4.69, 9.17) is 10.00 Å². The summed E-state index contributed by atoms with van der Waals surface area (Å²) in [5, 5.41) is 13.6. The van der Waals surface area contributed by atoms with Crippen molar-refractivity contribution in [3.05, 3.63) is 47.3 Å². The maximum Gasteiger partial charge on any atom is 0.120 e. The van der Waals surface area contributed by atoms with Crippen molar-refractivity contribution in [2.75, 3.05) is 0 Å². The van der Waals surface area contributed by atoms with Crippen LogP contribution in [0.5, 0.6) is 5.75 Å². The molecule has 0 unspecified atom stereocenters. The van der Waals surface area contributed by atoms with Gasteiger partial charge < -0.3 is 4.74 Å². The molecule has 1 aromatic heterocycles. The molecular weight excluding hydrogens is 286 g/mol. The first kappa shape index (κ1) is 15.6. The quantitative estimate of drug-likeness (QED) is 0.859. The SMILES string of the molecule is CCc1cc(O[C@H]2CC[C@H](c3ccn(C)n3)CC2)ccc1C#N. The summed E-state index contributed by atoms with van der Waals surface area (Å²) in [6, 6.07) is 10.2. The molecule has 3 rings (SSSR count). The number of benzene rings is 1. The normalized spacial score (nSPS) is 20.9. The molecule has 1 aromatic carbocycles. The largest absolute Gasteiger partial charge is 0.490 e. The van der Waals surface area contributed by atoms with Crippen LogP contribution in [0.4, 0.5) is 0 Å². The van der Waals surface area contributed by atoms with Gasteiger partial charge in [-0.05, 0) is 61.9 Å². The second kappa shape index (κ2) is 6.87. The van der Waals surface area contributed by atoms with Crippen LogP contribution in [0.15, 0.2) is 30.5 Å². The van der Waals surface area contributed by atoms with E-state index in [-0.39, 0.29) is 6.10 Å². The van der Waals surface area contributed by atoms with Gasteiger partial charge in [0, 0.05) is 19.2 Å². The molecule has 23 heavy (non-hydrogen) atoms. The fourth-order valence-corrected chi connectivity index (χ4v) is 3.36. The van der Waals surface area contributed by atoms with Crippen LogP contribution in [0.25, 0.3) is 0 Å². The Kier molecular flexibility index (Phi) is 4.66. The number of ether oxygens (including phenoxy) is 1. The van der Waals surface area contributed by atoms with Crippen molar-refractivity contribution in [2.45, 2.75) is 51.0 Å². The number of hydrogen-bond donors (Lipinski definition) is 0. The van der Waals surface area contributed by atoms with Crippen molar-refractivity contribution in [3.63, 3.8) is 0 Å². The van der Waals surface area contributed by atoms with Gasteiger partial charge in [-0.2, -0.15) is 10.4 Å². The molecule has 0 spiro atoms. The monoisotopic (exact) mass is 309 g/mol. The van der Waals surface area contributed by atoms with E-state index < -0.39 is 0 Å². The summed E-state index contributed by atoms with van der Waals surface area (Å²) >= 11 is 0. The summed E-state index contributed by atoms with van der Waals surface area (Å²) in [6.45, 7) is 2.07. The van der Waals surface area contributed by atoms with Crippen LogP contribution in [0.2, 0.25) is 0 Å².